The van der Waals surface area contributed by atoms with Gasteiger partial charge in [0.1, 0.15) is 0 Å². The Hall–Kier alpha value is -3.10. The molecular weight excluding hydrogens is 356 g/mol. The lowest BCUT2D eigenvalue weighted by molar-refractivity contribution is 0.0375. The molecule has 4 aromatic rings. The van der Waals surface area contributed by atoms with E-state index in [2.05, 4.69) is 25.1 Å². The van der Waals surface area contributed by atoms with Crippen LogP contribution < -0.4 is 0 Å². The summed E-state index contributed by atoms with van der Waals surface area (Å²) in [6.07, 6.45) is 4.40. The van der Waals surface area contributed by atoms with Crippen molar-refractivity contribution >= 4 is 5.65 Å². The van der Waals surface area contributed by atoms with Crippen molar-refractivity contribution in [3.05, 3.63) is 54.7 Å². The number of morpholine rings is 1. The number of rotatable bonds is 5. The first kappa shape index (κ1) is 17.0. The Morgan fingerprint density at radius 2 is 1.89 bits per heavy atom. The van der Waals surface area contributed by atoms with Crippen molar-refractivity contribution in [2.75, 3.05) is 32.8 Å². The third-order valence-corrected chi connectivity index (χ3v) is 4.87. The average Bonchev–Trinajstić information content (AvgIpc) is 3.40. The molecule has 0 spiro atoms. The van der Waals surface area contributed by atoms with Crippen LogP contribution in [-0.2, 0) is 11.2 Å². The summed E-state index contributed by atoms with van der Waals surface area (Å²) in [4.78, 5) is 11.5. The van der Waals surface area contributed by atoms with Crippen LogP contribution in [0.3, 0.4) is 0 Å². The fourth-order valence-corrected chi connectivity index (χ4v) is 3.34. The maximum Gasteiger partial charge on any atom is 0.228 e. The summed E-state index contributed by atoms with van der Waals surface area (Å²) >= 11 is 0. The molecule has 142 valence electrons. The smallest absolute Gasteiger partial charge is 0.228 e. The van der Waals surface area contributed by atoms with E-state index in [0.29, 0.717) is 11.7 Å². The number of hydrogen-bond donors (Lipinski definition) is 0. The summed E-state index contributed by atoms with van der Waals surface area (Å²) in [6, 6.07) is 11.8. The molecule has 5 rings (SSSR count). The van der Waals surface area contributed by atoms with Gasteiger partial charge in [0.2, 0.25) is 11.7 Å². The molecule has 1 aliphatic heterocycles. The zero-order valence-electron chi connectivity index (χ0n) is 15.4. The lowest BCUT2D eigenvalue weighted by Gasteiger charge is -2.25. The first-order chi connectivity index (χ1) is 13.8. The Morgan fingerprint density at radius 1 is 1.00 bits per heavy atom. The van der Waals surface area contributed by atoms with Gasteiger partial charge in [0, 0.05) is 43.4 Å². The zero-order chi connectivity index (χ0) is 18.8. The van der Waals surface area contributed by atoms with Crippen molar-refractivity contribution in [2.45, 2.75) is 6.42 Å². The molecule has 8 heteroatoms. The van der Waals surface area contributed by atoms with Gasteiger partial charge in [0.15, 0.2) is 5.65 Å². The zero-order valence-corrected chi connectivity index (χ0v) is 15.4. The number of hydrogen-bond acceptors (Lipinski definition) is 7. The summed E-state index contributed by atoms with van der Waals surface area (Å²) in [5.41, 5.74) is 3.57. The van der Waals surface area contributed by atoms with Gasteiger partial charge in [-0.25, -0.2) is 9.50 Å². The maximum atomic E-state index is 5.45. The van der Waals surface area contributed by atoms with Crippen molar-refractivity contribution in [1.29, 1.82) is 0 Å². The molecule has 0 N–H and O–H groups in total. The minimum Gasteiger partial charge on any atom is -0.379 e. The molecule has 1 saturated heterocycles. The molecule has 1 fully saturated rings. The van der Waals surface area contributed by atoms with E-state index in [4.69, 9.17) is 9.26 Å². The lowest BCUT2D eigenvalue weighted by atomic mass is 10.1. The van der Waals surface area contributed by atoms with E-state index in [1.165, 1.54) is 0 Å². The molecule has 1 aliphatic rings. The highest BCUT2D eigenvalue weighted by Gasteiger charge is 2.14. The maximum absolute atomic E-state index is 5.45. The highest BCUT2D eigenvalue weighted by atomic mass is 16.5. The predicted molar refractivity (Wildman–Crippen MR) is 103 cm³/mol. The largest absolute Gasteiger partial charge is 0.379 e. The van der Waals surface area contributed by atoms with Crippen LogP contribution in [-0.4, -0.2) is 62.5 Å². The topological polar surface area (TPSA) is 81.6 Å². The van der Waals surface area contributed by atoms with Crippen LogP contribution in [0.5, 0.6) is 0 Å². The highest BCUT2D eigenvalue weighted by molar-refractivity contribution is 5.69. The van der Waals surface area contributed by atoms with Crippen molar-refractivity contribution in [3.63, 3.8) is 0 Å². The van der Waals surface area contributed by atoms with E-state index in [1.807, 2.05) is 42.6 Å². The standard InChI is InChI=1S/C20H20N6O2/c1-3-15(17-14-26-18(22-17)5-2-7-21-26)13-16(4-1)20-23-19(28-24-20)6-8-25-9-11-27-12-10-25/h1-5,7,13-14H,6,8-12H2. The third-order valence-electron chi connectivity index (χ3n) is 4.87. The summed E-state index contributed by atoms with van der Waals surface area (Å²) in [6.45, 7) is 4.40. The van der Waals surface area contributed by atoms with E-state index in [1.54, 1.807) is 10.7 Å². The number of imidazole rings is 1. The molecule has 0 atom stereocenters. The van der Waals surface area contributed by atoms with Gasteiger partial charge in [-0.05, 0) is 18.2 Å². The van der Waals surface area contributed by atoms with E-state index >= 15 is 0 Å². The van der Waals surface area contributed by atoms with E-state index in [-0.39, 0.29) is 0 Å². The molecule has 0 amide bonds. The monoisotopic (exact) mass is 376 g/mol. The third kappa shape index (κ3) is 3.51. The summed E-state index contributed by atoms with van der Waals surface area (Å²) in [5.74, 6) is 1.25. The SMILES string of the molecule is c1cc(-c2cn3ncccc3n2)cc(-c2noc(CCN3CCOCC3)n2)c1. The van der Waals surface area contributed by atoms with Crippen LogP contribution in [0.1, 0.15) is 5.89 Å². The molecule has 0 aliphatic carbocycles. The van der Waals surface area contributed by atoms with Crippen molar-refractivity contribution in [2.24, 2.45) is 0 Å². The summed E-state index contributed by atoms with van der Waals surface area (Å²) in [5, 5.41) is 8.43. The van der Waals surface area contributed by atoms with Gasteiger partial charge < -0.3 is 9.26 Å². The van der Waals surface area contributed by atoms with Gasteiger partial charge in [-0.2, -0.15) is 10.1 Å². The number of nitrogens with zero attached hydrogens (tertiary/aromatic N) is 6. The van der Waals surface area contributed by atoms with E-state index in [0.717, 1.165) is 61.7 Å². The molecule has 8 nitrogen and oxygen atoms in total. The number of ether oxygens (including phenoxy) is 1. The van der Waals surface area contributed by atoms with Gasteiger partial charge in [-0.15, -0.1) is 0 Å². The van der Waals surface area contributed by atoms with Gasteiger partial charge >= 0.3 is 0 Å². The highest BCUT2D eigenvalue weighted by Crippen LogP contribution is 2.24. The van der Waals surface area contributed by atoms with Gasteiger partial charge in [-0.3, -0.25) is 4.90 Å². The fraction of sp³-hybridized carbons (Fsp3) is 0.300. The van der Waals surface area contributed by atoms with Gasteiger partial charge in [-0.1, -0.05) is 23.4 Å². The van der Waals surface area contributed by atoms with Crippen molar-refractivity contribution in [1.82, 2.24) is 29.6 Å². The Bertz CT molecular complexity index is 1050. The van der Waals surface area contributed by atoms with Gasteiger partial charge in [0.05, 0.1) is 25.1 Å². The molecule has 0 unspecified atom stereocenters. The minimum absolute atomic E-state index is 0.598. The van der Waals surface area contributed by atoms with Crippen LogP contribution in [0, 0.1) is 0 Å². The molecule has 0 saturated carbocycles. The Kier molecular flexibility index (Phi) is 4.56. The second-order valence-electron chi connectivity index (χ2n) is 6.75. The van der Waals surface area contributed by atoms with Crippen LogP contribution in [0.2, 0.25) is 0 Å². The first-order valence-corrected chi connectivity index (χ1v) is 9.39. The van der Waals surface area contributed by atoms with Crippen LogP contribution in [0.15, 0.2) is 53.3 Å². The molecule has 28 heavy (non-hydrogen) atoms. The number of benzene rings is 1. The minimum atomic E-state index is 0.598. The van der Waals surface area contributed by atoms with Gasteiger partial charge in [0.25, 0.3) is 0 Å². The number of fused-ring (bicyclic) bond motifs is 1. The van der Waals surface area contributed by atoms with Crippen LogP contribution in [0.4, 0.5) is 0 Å². The first-order valence-electron chi connectivity index (χ1n) is 9.39. The Balaban J connectivity index is 1.34. The molecule has 4 heterocycles. The van der Waals surface area contributed by atoms with E-state index < -0.39 is 0 Å². The molecule has 1 aromatic carbocycles. The normalized spacial score (nSPS) is 15.3. The second kappa shape index (κ2) is 7.49. The summed E-state index contributed by atoms with van der Waals surface area (Å²) < 4.78 is 12.6. The Labute approximate surface area is 161 Å². The van der Waals surface area contributed by atoms with Crippen LogP contribution in [0.25, 0.3) is 28.3 Å². The van der Waals surface area contributed by atoms with Crippen molar-refractivity contribution in [3.8, 4) is 22.6 Å². The summed E-state index contributed by atoms with van der Waals surface area (Å²) in [7, 11) is 0. The fourth-order valence-electron chi connectivity index (χ4n) is 3.34. The molecule has 0 radical (unpaired) electrons. The predicted octanol–water partition coefficient (Wildman–Crippen LogP) is 2.32. The van der Waals surface area contributed by atoms with E-state index in [9.17, 15) is 0 Å². The second-order valence-corrected chi connectivity index (χ2v) is 6.75. The molecule has 0 bridgehead atoms. The van der Waals surface area contributed by atoms with Crippen molar-refractivity contribution < 1.29 is 9.26 Å². The molecule has 3 aromatic heterocycles. The quantitative estimate of drug-likeness (QED) is 0.529. The average molecular weight is 376 g/mol. The lowest BCUT2D eigenvalue weighted by Crippen LogP contribution is -2.37. The Morgan fingerprint density at radius 3 is 2.79 bits per heavy atom. The number of aromatic nitrogens is 5. The van der Waals surface area contributed by atoms with Crippen LogP contribution >= 0.6 is 0 Å². The molecular formula is C20H20N6O2.